The fourth-order valence-electron chi connectivity index (χ4n) is 3.31. The van der Waals surface area contributed by atoms with E-state index in [9.17, 15) is 0 Å². The van der Waals surface area contributed by atoms with Gasteiger partial charge in [0, 0.05) is 24.0 Å². The minimum Gasteiger partial charge on any atom is -0.348 e. The summed E-state index contributed by atoms with van der Waals surface area (Å²) in [6.07, 6.45) is 5.72. The number of hydrogen-bond acceptors (Lipinski definition) is 0. The van der Waals surface area contributed by atoms with Gasteiger partial charge in [-0.2, -0.15) is 0 Å². The van der Waals surface area contributed by atoms with Crippen molar-refractivity contribution in [3.63, 3.8) is 0 Å². The molecule has 0 N–H and O–H groups in total. The van der Waals surface area contributed by atoms with Gasteiger partial charge >= 0.3 is 0 Å². The Morgan fingerprint density at radius 3 is 2.29 bits per heavy atom. The van der Waals surface area contributed by atoms with E-state index in [0.717, 1.165) is 11.5 Å². The maximum absolute atomic E-state index is 4.04. The summed E-state index contributed by atoms with van der Waals surface area (Å²) in [6, 6.07) is 15.2. The number of aryl methyl sites for hydroxylation is 1. The summed E-state index contributed by atoms with van der Waals surface area (Å²) in [5.74, 6) is 1.40. The minimum absolute atomic E-state index is 0.644. The number of rotatable bonds is 5. The van der Waals surface area contributed by atoms with E-state index in [4.69, 9.17) is 0 Å². The van der Waals surface area contributed by atoms with Crippen molar-refractivity contribution in [3.8, 4) is 0 Å². The van der Waals surface area contributed by atoms with Crippen LogP contribution in [0.4, 0.5) is 0 Å². The Labute approximate surface area is 146 Å². The van der Waals surface area contributed by atoms with Crippen molar-refractivity contribution in [2.45, 2.75) is 27.2 Å². The summed E-state index contributed by atoms with van der Waals surface area (Å²) in [4.78, 5) is 0. The molecule has 0 amide bonds. The predicted molar refractivity (Wildman–Crippen MR) is 104 cm³/mol. The van der Waals surface area contributed by atoms with Gasteiger partial charge in [-0.25, -0.2) is 0 Å². The van der Waals surface area contributed by atoms with Crippen molar-refractivity contribution in [1.29, 1.82) is 0 Å². The van der Waals surface area contributed by atoms with Gasteiger partial charge in [0.2, 0.25) is 0 Å². The maximum Gasteiger partial charge on any atom is 0.0488 e. The molecule has 2 unspecified atom stereocenters. The summed E-state index contributed by atoms with van der Waals surface area (Å²) in [5.41, 5.74) is 7.76. The average molecular weight is 317 g/mol. The summed E-state index contributed by atoms with van der Waals surface area (Å²) in [6.45, 7) is 10.6. The van der Waals surface area contributed by atoms with Crippen LogP contribution >= 0.6 is 0 Å². The Morgan fingerprint density at radius 1 is 1.12 bits per heavy atom. The van der Waals surface area contributed by atoms with Crippen molar-refractivity contribution >= 4 is 5.57 Å². The lowest BCUT2D eigenvalue weighted by Crippen LogP contribution is -2.03. The van der Waals surface area contributed by atoms with Crippen LogP contribution in [0.15, 0.2) is 72.3 Å². The first-order valence-electron chi connectivity index (χ1n) is 8.75. The van der Waals surface area contributed by atoms with Crippen molar-refractivity contribution < 1.29 is 0 Å². The van der Waals surface area contributed by atoms with E-state index in [2.05, 4.69) is 93.6 Å². The third-order valence-electron chi connectivity index (χ3n) is 5.04. The van der Waals surface area contributed by atoms with Gasteiger partial charge in [-0.05, 0) is 55.4 Å². The molecule has 2 aromatic rings. The molecule has 1 heterocycles. The van der Waals surface area contributed by atoms with Gasteiger partial charge in [0.1, 0.15) is 0 Å². The van der Waals surface area contributed by atoms with Crippen molar-refractivity contribution in [1.82, 2.24) is 4.57 Å². The van der Waals surface area contributed by atoms with E-state index in [1.54, 1.807) is 0 Å². The molecule has 0 bridgehead atoms. The lowest BCUT2D eigenvalue weighted by atomic mass is 9.92. The van der Waals surface area contributed by atoms with Gasteiger partial charge in [-0.15, -0.1) is 0 Å². The maximum atomic E-state index is 4.04. The summed E-state index contributed by atoms with van der Waals surface area (Å²) >= 11 is 0. The molecule has 1 aromatic heterocycles. The normalized spacial score (nSPS) is 21.0. The molecule has 1 nitrogen and oxygen atoms in total. The largest absolute Gasteiger partial charge is 0.348 e. The highest BCUT2D eigenvalue weighted by Crippen LogP contribution is 2.48. The van der Waals surface area contributed by atoms with Gasteiger partial charge in [0.25, 0.3) is 0 Å². The van der Waals surface area contributed by atoms with Crippen LogP contribution in [0.2, 0.25) is 0 Å². The molecule has 1 heteroatoms. The van der Waals surface area contributed by atoms with Crippen LogP contribution in [0, 0.1) is 18.8 Å². The number of benzene rings is 1. The second kappa shape index (κ2) is 6.68. The molecule has 0 aliphatic heterocycles. The zero-order valence-electron chi connectivity index (χ0n) is 15.2. The third kappa shape index (κ3) is 3.31. The summed E-state index contributed by atoms with van der Waals surface area (Å²) < 4.78 is 2.30. The molecule has 1 fully saturated rings. The first-order chi connectivity index (χ1) is 11.5. The molecule has 24 heavy (non-hydrogen) atoms. The molecule has 0 radical (unpaired) electrons. The van der Waals surface area contributed by atoms with Gasteiger partial charge in [0.15, 0.2) is 0 Å². The van der Waals surface area contributed by atoms with Crippen molar-refractivity contribution in [2.75, 3.05) is 0 Å². The lowest BCUT2D eigenvalue weighted by molar-refractivity contribution is 0.852. The van der Waals surface area contributed by atoms with E-state index in [-0.39, 0.29) is 0 Å². The standard InChI is InChI=1S/C23H27N/c1-16(2)11-13-20(21-15-17(21)3)23(19-9-7-6-8-10-19)22-14-12-18(4)24(22)5/h6-14,17,21H,1,15H2,2-5H3/b13-11-,23-20-. The first-order valence-corrected chi connectivity index (χ1v) is 8.75. The second-order valence-corrected chi connectivity index (χ2v) is 7.11. The van der Waals surface area contributed by atoms with Crippen LogP contribution in [0.3, 0.4) is 0 Å². The van der Waals surface area contributed by atoms with E-state index < -0.39 is 0 Å². The zero-order valence-corrected chi connectivity index (χ0v) is 15.2. The molecule has 1 aliphatic carbocycles. The SMILES string of the molecule is C=C(C)/C=C\C(=C(/c1ccccc1)c1ccc(C)n1C)C1CC1C. The number of aromatic nitrogens is 1. The quantitative estimate of drug-likeness (QED) is 0.603. The van der Waals surface area contributed by atoms with E-state index >= 15 is 0 Å². The van der Waals surface area contributed by atoms with Crippen LogP contribution in [-0.4, -0.2) is 4.57 Å². The number of hydrogen-bond donors (Lipinski definition) is 0. The van der Waals surface area contributed by atoms with E-state index in [0.29, 0.717) is 5.92 Å². The molecule has 1 aliphatic rings. The monoisotopic (exact) mass is 317 g/mol. The predicted octanol–water partition coefficient (Wildman–Crippen LogP) is 5.92. The fraction of sp³-hybridized carbons (Fsp3) is 0.304. The fourth-order valence-corrected chi connectivity index (χ4v) is 3.31. The lowest BCUT2D eigenvalue weighted by Gasteiger charge is -2.16. The average Bonchev–Trinajstić information content (AvgIpc) is 3.20. The Hall–Kier alpha value is -2.28. The zero-order chi connectivity index (χ0) is 17.3. The molecule has 2 atom stereocenters. The van der Waals surface area contributed by atoms with Gasteiger partial charge in [0.05, 0.1) is 0 Å². The van der Waals surface area contributed by atoms with Crippen LogP contribution in [0.1, 0.15) is 37.2 Å². The molecule has 3 rings (SSSR count). The van der Waals surface area contributed by atoms with Crippen LogP contribution < -0.4 is 0 Å². The first kappa shape index (κ1) is 16.6. The highest BCUT2D eigenvalue weighted by molar-refractivity contribution is 5.83. The Bertz CT molecular complexity index is 802. The molecule has 1 aromatic carbocycles. The summed E-state index contributed by atoms with van der Waals surface area (Å²) in [5, 5.41) is 0. The van der Waals surface area contributed by atoms with Crippen LogP contribution in [0.25, 0.3) is 5.57 Å². The number of allylic oxidation sites excluding steroid dienone is 4. The second-order valence-electron chi connectivity index (χ2n) is 7.11. The van der Waals surface area contributed by atoms with Crippen LogP contribution in [0.5, 0.6) is 0 Å². The van der Waals surface area contributed by atoms with Crippen molar-refractivity contribution in [3.05, 3.63) is 89.3 Å². The summed E-state index contributed by atoms with van der Waals surface area (Å²) in [7, 11) is 2.16. The highest BCUT2D eigenvalue weighted by Gasteiger charge is 2.37. The van der Waals surface area contributed by atoms with Gasteiger partial charge < -0.3 is 4.57 Å². The van der Waals surface area contributed by atoms with Gasteiger partial charge in [-0.3, -0.25) is 0 Å². The molecule has 0 saturated heterocycles. The molecule has 1 saturated carbocycles. The molecule has 124 valence electrons. The van der Waals surface area contributed by atoms with E-state index in [1.807, 2.05) is 0 Å². The smallest absolute Gasteiger partial charge is 0.0488 e. The Kier molecular flexibility index (Phi) is 4.62. The molecular weight excluding hydrogens is 290 g/mol. The Morgan fingerprint density at radius 2 is 1.79 bits per heavy atom. The Balaban J connectivity index is 2.24. The van der Waals surface area contributed by atoms with Crippen LogP contribution in [-0.2, 0) is 7.05 Å². The minimum atomic E-state index is 0.644. The van der Waals surface area contributed by atoms with E-state index in [1.165, 1.54) is 34.5 Å². The molecular formula is C23H27N. The van der Waals surface area contributed by atoms with Gasteiger partial charge in [-0.1, -0.05) is 61.6 Å². The highest BCUT2D eigenvalue weighted by atomic mass is 14.9. The topological polar surface area (TPSA) is 4.93 Å². The van der Waals surface area contributed by atoms with Crippen molar-refractivity contribution in [2.24, 2.45) is 18.9 Å². The number of nitrogens with zero attached hydrogens (tertiary/aromatic N) is 1. The molecule has 0 spiro atoms. The third-order valence-corrected chi connectivity index (χ3v) is 5.04.